The molecule has 0 spiro atoms. The molecular weight excluding hydrogens is 473 g/mol. The number of nitrogens with two attached hydrogens (primary N) is 2. The molecule has 1 fully saturated rings. The Hall–Kier alpha value is -3.26. The second-order valence-corrected chi connectivity index (χ2v) is 9.20. The average Bonchev–Trinajstić information content (AvgIpc) is 3.45. The zero-order chi connectivity index (χ0) is 23.8. The van der Waals surface area contributed by atoms with Gasteiger partial charge in [-0.15, -0.1) is 0 Å². The molecule has 0 unspecified atom stereocenters. The van der Waals surface area contributed by atoms with Crippen LogP contribution in [-0.2, 0) is 6.61 Å². The highest BCUT2D eigenvalue weighted by Gasteiger charge is 2.25. The molecule has 0 saturated carbocycles. The number of anilines is 1. The molecule has 34 heavy (non-hydrogen) atoms. The molecule has 2 aromatic carbocycles. The lowest BCUT2D eigenvalue weighted by Gasteiger charge is -2.14. The van der Waals surface area contributed by atoms with Crippen molar-refractivity contribution in [2.75, 3.05) is 18.8 Å². The number of H-pyrrole nitrogens is 1. The smallest absolute Gasteiger partial charge is 0.270 e. The number of halogens is 2. The number of hydrogen-bond acceptors (Lipinski definition) is 5. The first kappa shape index (κ1) is 22.5. The van der Waals surface area contributed by atoms with E-state index in [-0.39, 0.29) is 24.4 Å². The molecule has 5 N–H and O–H groups in total. The van der Waals surface area contributed by atoms with E-state index in [9.17, 15) is 4.79 Å². The first-order valence-corrected chi connectivity index (χ1v) is 11.6. The highest BCUT2D eigenvalue weighted by Crippen LogP contribution is 2.32. The van der Waals surface area contributed by atoms with Gasteiger partial charge in [0.1, 0.15) is 12.3 Å². The van der Waals surface area contributed by atoms with Crippen LogP contribution in [0.5, 0.6) is 5.75 Å². The Morgan fingerprint density at radius 3 is 2.68 bits per heavy atom. The average molecular weight is 496 g/mol. The number of aromatic amines is 1. The van der Waals surface area contributed by atoms with Crippen molar-refractivity contribution in [1.29, 1.82) is 0 Å². The zero-order valence-corrected chi connectivity index (χ0v) is 19.7. The monoisotopic (exact) mass is 495 g/mol. The van der Waals surface area contributed by atoms with Gasteiger partial charge in [-0.2, -0.15) is 0 Å². The summed E-state index contributed by atoms with van der Waals surface area (Å²) >= 11 is 12.5. The molecule has 0 radical (unpaired) electrons. The number of pyridine rings is 1. The number of fused-ring (bicyclic) bond motifs is 1. The molecule has 1 saturated heterocycles. The van der Waals surface area contributed by atoms with Gasteiger partial charge >= 0.3 is 0 Å². The number of aromatic nitrogens is 2. The van der Waals surface area contributed by atoms with Gasteiger partial charge in [-0.1, -0.05) is 35.3 Å². The molecule has 4 aromatic rings. The van der Waals surface area contributed by atoms with Gasteiger partial charge < -0.3 is 26.1 Å². The zero-order valence-electron chi connectivity index (χ0n) is 18.2. The normalized spacial score (nSPS) is 15.7. The summed E-state index contributed by atoms with van der Waals surface area (Å²) in [5, 5.41) is 1.97. The third-order valence-electron chi connectivity index (χ3n) is 6.01. The molecule has 1 aliphatic heterocycles. The Labute approximate surface area is 206 Å². The fourth-order valence-corrected chi connectivity index (χ4v) is 4.62. The molecule has 9 heteroatoms. The van der Waals surface area contributed by atoms with Crippen LogP contribution in [0.1, 0.15) is 22.5 Å². The molecule has 0 aliphatic carbocycles. The van der Waals surface area contributed by atoms with E-state index in [2.05, 4.69) is 9.97 Å². The molecule has 0 bridgehead atoms. The van der Waals surface area contributed by atoms with E-state index in [4.69, 9.17) is 39.4 Å². The maximum atomic E-state index is 12.8. The summed E-state index contributed by atoms with van der Waals surface area (Å²) < 4.78 is 5.91. The predicted molar refractivity (Wildman–Crippen MR) is 135 cm³/mol. The van der Waals surface area contributed by atoms with Crippen molar-refractivity contribution in [3.05, 3.63) is 76.0 Å². The van der Waals surface area contributed by atoms with Gasteiger partial charge in [-0.3, -0.25) is 4.79 Å². The number of carbonyl (C=O) groups is 1. The molecule has 1 amide bonds. The van der Waals surface area contributed by atoms with Crippen molar-refractivity contribution in [3.63, 3.8) is 0 Å². The number of rotatable bonds is 5. The van der Waals surface area contributed by atoms with E-state index in [1.165, 1.54) is 0 Å². The van der Waals surface area contributed by atoms with Crippen LogP contribution in [0.4, 0.5) is 5.82 Å². The summed E-state index contributed by atoms with van der Waals surface area (Å²) in [6.07, 6.45) is 2.52. The summed E-state index contributed by atoms with van der Waals surface area (Å²) in [7, 11) is 0. The predicted octanol–water partition coefficient (Wildman–Crippen LogP) is 4.87. The van der Waals surface area contributed by atoms with Gasteiger partial charge in [-0.25, -0.2) is 4.98 Å². The van der Waals surface area contributed by atoms with Crippen LogP contribution in [0.2, 0.25) is 10.0 Å². The fraction of sp³-hybridized carbons (Fsp3) is 0.200. The first-order valence-electron chi connectivity index (χ1n) is 10.9. The van der Waals surface area contributed by atoms with E-state index in [0.717, 1.165) is 28.5 Å². The lowest BCUT2D eigenvalue weighted by Crippen LogP contribution is -2.32. The lowest BCUT2D eigenvalue weighted by atomic mass is 10.1. The second kappa shape index (κ2) is 9.18. The van der Waals surface area contributed by atoms with Crippen molar-refractivity contribution in [3.8, 4) is 16.9 Å². The summed E-state index contributed by atoms with van der Waals surface area (Å²) in [4.78, 5) is 22.1. The van der Waals surface area contributed by atoms with Crippen LogP contribution in [0, 0.1) is 0 Å². The van der Waals surface area contributed by atoms with Crippen molar-refractivity contribution in [2.45, 2.75) is 19.1 Å². The van der Waals surface area contributed by atoms with Crippen molar-refractivity contribution >= 4 is 45.8 Å². The van der Waals surface area contributed by atoms with Crippen LogP contribution in [0.3, 0.4) is 0 Å². The Morgan fingerprint density at radius 1 is 1.15 bits per heavy atom. The third kappa shape index (κ3) is 4.42. The van der Waals surface area contributed by atoms with E-state index in [1.54, 1.807) is 29.3 Å². The largest absolute Gasteiger partial charge is 0.485 e. The Morgan fingerprint density at radius 2 is 1.94 bits per heavy atom. The quantitative estimate of drug-likeness (QED) is 0.365. The minimum Gasteiger partial charge on any atom is -0.485 e. The molecular formula is C25H23Cl2N5O2. The minimum absolute atomic E-state index is 0.0335. The summed E-state index contributed by atoms with van der Waals surface area (Å²) in [6.45, 7) is 1.43. The molecule has 2 aromatic heterocycles. The number of benzene rings is 2. The molecule has 1 atom stereocenters. The van der Waals surface area contributed by atoms with Gasteiger partial charge in [0.05, 0.1) is 0 Å². The first-order chi connectivity index (χ1) is 16.4. The number of nitrogens with one attached hydrogen (secondary N) is 1. The van der Waals surface area contributed by atoms with Crippen molar-refractivity contribution in [1.82, 2.24) is 14.9 Å². The van der Waals surface area contributed by atoms with Crippen LogP contribution in [-0.4, -0.2) is 39.9 Å². The highest BCUT2D eigenvalue weighted by molar-refractivity contribution is 6.35. The third-order valence-corrected chi connectivity index (χ3v) is 6.72. The summed E-state index contributed by atoms with van der Waals surface area (Å²) in [5.74, 6) is 0.670. The number of nitrogen functional groups attached to an aromatic ring is 1. The summed E-state index contributed by atoms with van der Waals surface area (Å²) in [6, 6.07) is 14.9. The fourth-order valence-electron chi connectivity index (χ4n) is 4.12. The molecule has 3 heterocycles. The van der Waals surface area contributed by atoms with E-state index < -0.39 is 0 Å². The van der Waals surface area contributed by atoms with Gasteiger partial charge in [-0.05, 0) is 48.4 Å². The van der Waals surface area contributed by atoms with E-state index >= 15 is 0 Å². The second-order valence-electron chi connectivity index (χ2n) is 8.38. The van der Waals surface area contributed by atoms with Crippen molar-refractivity contribution < 1.29 is 9.53 Å². The maximum Gasteiger partial charge on any atom is 0.270 e. The topological polar surface area (TPSA) is 110 Å². The van der Waals surface area contributed by atoms with Crippen LogP contribution < -0.4 is 16.2 Å². The highest BCUT2D eigenvalue weighted by atomic mass is 35.5. The number of nitrogens with zero attached hydrogens (tertiary/aromatic N) is 2. The Balaban J connectivity index is 1.39. The standard InChI is InChI=1S/C25H23Cl2N5O2/c26-19-2-1-3-20(27)18(19)13-34-23-10-16(11-30-24(23)29)14-4-5-21-15(8-14)9-22(31-21)25(33)32-7-6-17(28)12-32/h1-5,8-11,17,31H,6-7,12-13,28H2,(H2,29,30)/t17-/m0/s1. The number of amides is 1. The minimum atomic E-state index is -0.0335. The molecule has 174 valence electrons. The number of ether oxygens (including phenoxy) is 1. The number of carbonyl (C=O) groups excluding carboxylic acids is 1. The van der Waals surface area contributed by atoms with Gasteiger partial charge in [0.2, 0.25) is 0 Å². The van der Waals surface area contributed by atoms with Crippen LogP contribution in [0.25, 0.3) is 22.0 Å². The Bertz CT molecular complexity index is 1370. The van der Waals surface area contributed by atoms with Gasteiger partial charge in [0.15, 0.2) is 11.6 Å². The van der Waals surface area contributed by atoms with Crippen LogP contribution in [0.15, 0.2) is 54.7 Å². The Kier molecular flexibility index (Phi) is 6.08. The van der Waals surface area contributed by atoms with Gasteiger partial charge in [0.25, 0.3) is 5.91 Å². The van der Waals surface area contributed by atoms with Crippen molar-refractivity contribution in [2.24, 2.45) is 5.73 Å². The van der Waals surface area contributed by atoms with Gasteiger partial charge in [0, 0.05) is 57.4 Å². The summed E-state index contributed by atoms with van der Waals surface area (Å²) in [5.41, 5.74) is 15.9. The lowest BCUT2D eigenvalue weighted by molar-refractivity contribution is 0.0786. The molecule has 5 rings (SSSR count). The molecule has 1 aliphatic rings. The molecule has 7 nitrogen and oxygen atoms in total. The number of hydrogen-bond donors (Lipinski definition) is 3. The van der Waals surface area contributed by atoms with E-state index in [0.29, 0.717) is 40.1 Å². The number of likely N-dealkylation sites (tertiary alicyclic amines) is 1. The van der Waals surface area contributed by atoms with E-state index in [1.807, 2.05) is 30.3 Å². The SMILES string of the molecule is Nc1ncc(-c2ccc3[nH]c(C(=O)N4CC[C@H](N)C4)cc3c2)cc1OCc1c(Cl)cccc1Cl. The maximum absolute atomic E-state index is 12.8. The van der Waals surface area contributed by atoms with Crippen LogP contribution >= 0.6 is 23.2 Å².